The summed E-state index contributed by atoms with van der Waals surface area (Å²) in [6, 6.07) is 6.76. The third-order valence-corrected chi connectivity index (χ3v) is 7.12. The average Bonchev–Trinajstić information content (AvgIpc) is 2.81. The number of ether oxygens (including phenoxy) is 1. The summed E-state index contributed by atoms with van der Waals surface area (Å²) in [5.74, 6) is -0.438. The third-order valence-electron chi connectivity index (χ3n) is 5.28. The molecule has 0 unspecified atom stereocenters. The molecule has 1 aliphatic heterocycles. The van der Waals surface area contributed by atoms with Gasteiger partial charge in [-0.2, -0.15) is 4.31 Å². The average molecular weight is 351 g/mol. The summed E-state index contributed by atoms with van der Waals surface area (Å²) in [5.41, 5.74) is 1.00. The number of fused-ring (bicyclic) bond motifs is 1. The van der Waals surface area contributed by atoms with Crippen LogP contribution in [0.4, 0.5) is 0 Å². The summed E-state index contributed by atoms with van der Waals surface area (Å²) in [4.78, 5) is 12.5. The number of carbonyl (C=O) groups excluding carboxylic acids is 1. The van der Waals surface area contributed by atoms with E-state index in [-0.39, 0.29) is 22.7 Å². The third kappa shape index (κ3) is 3.22. The second kappa shape index (κ2) is 6.84. The SMILES string of the molecule is Cc1ccc(S(=O)(=O)N(C)[C@@H]2OC(=O)[C@@H]3CCCCCC[C@@H]23)cc1. The van der Waals surface area contributed by atoms with Crippen molar-refractivity contribution in [2.45, 2.75) is 56.6 Å². The Bertz CT molecular complexity index is 698. The summed E-state index contributed by atoms with van der Waals surface area (Å²) in [6.45, 7) is 1.91. The fourth-order valence-electron chi connectivity index (χ4n) is 3.80. The molecule has 1 heterocycles. The normalized spacial score (nSPS) is 28.1. The molecule has 0 spiro atoms. The van der Waals surface area contributed by atoms with Crippen molar-refractivity contribution in [1.82, 2.24) is 4.31 Å². The number of aryl methyl sites for hydroxylation is 1. The van der Waals surface area contributed by atoms with Crippen LogP contribution in [0, 0.1) is 18.8 Å². The molecular formula is C18H25NO4S. The van der Waals surface area contributed by atoms with Gasteiger partial charge >= 0.3 is 5.97 Å². The molecule has 0 aromatic heterocycles. The van der Waals surface area contributed by atoms with Crippen LogP contribution in [0.3, 0.4) is 0 Å². The molecule has 5 nitrogen and oxygen atoms in total. The molecule has 3 rings (SSSR count). The van der Waals surface area contributed by atoms with E-state index in [2.05, 4.69) is 0 Å². The van der Waals surface area contributed by atoms with Gasteiger partial charge in [-0.25, -0.2) is 8.42 Å². The van der Waals surface area contributed by atoms with Crippen molar-refractivity contribution in [3.63, 3.8) is 0 Å². The monoisotopic (exact) mass is 351 g/mol. The van der Waals surface area contributed by atoms with Crippen molar-refractivity contribution in [3.05, 3.63) is 29.8 Å². The Kier molecular flexibility index (Phi) is 4.97. The largest absolute Gasteiger partial charge is 0.445 e. The fourth-order valence-corrected chi connectivity index (χ4v) is 5.08. The zero-order chi connectivity index (χ0) is 17.3. The van der Waals surface area contributed by atoms with Crippen LogP contribution < -0.4 is 0 Å². The van der Waals surface area contributed by atoms with Crippen LogP contribution in [0.5, 0.6) is 0 Å². The van der Waals surface area contributed by atoms with Crippen molar-refractivity contribution in [3.8, 4) is 0 Å². The summed E-state index contributed by atoms with van der Waals surface area (Å²) >= 11 is 0. The topological polar surface area (TPSA) is 63.7 Å². The van der Waals surface area contributed by atoms with Crippen LogP contribution in [0.15, 0.2) is 29.2 Å². The van der Waals surface area contributed by atoms with Gasteiger partial charge in [-0.15, -0.1) is 0 Å². The minimum absolute atomic E-state index is 0.0389. The van der Waals surface area contributed by atoms with E-state index in [4.69, 9.17) is 4.74 Å². The van der Waals surface area contributed by atoms with Gasteiger partial charge in [-0.3, -0.25) is 4.79 Å². The lowest BCUT2D eigenvalue weighted by atomic mass is 9.82. The van der Waals surface area contributed by atoms with Gasteiger partial charge in [0.15, 0.2) is 6.23 Å². The molecule has 0 N–H and O–H groups in total. The van der Waals surface area contributed by atoms with E-state index in [0.717, 1.165) is 44.1 Å². The van der Waals surface area contributed by atoms with Crippen molar-refractivity contribution in [1.29, 1.82) is 0 Å². The van der Waals surface area contributed by atoms with Crippen molar-refractivity contribution < 1.29 is 17.9 Å². The van der Waals surface area contributed by atoms with Gasteiger partial charge in [0.2, 0.25) is 10.0 Å². The number of hydrogen-bond acceptors (Lipinski definition) is 4. The molecule has 1 aromatic rings. The first-order chi connectivity index (χ1) is 11.4. The lowest BCUT2D eigenvalue weighted by Crippen LogP contribution is -2.41. The van der Waals surface area contributed by atoms with Crippen molar-refractivity contribution in [2.75, 3.05) is 7.05 Å². The van der Waals surface area contributed by atoms with Crippen LogP contribution in [0.1, 0.15) is 44.1 Å². The predicted molar refractivity (Wildman–Crippen MR) is 90.7 cm³/mol. The summed E-state index contributed by atoms with van der Waals surface area (Å²) < 4.78 is 32.6. The Hall–Kier alpha value is -1.40. The zero-order valence-corrected chi connectivity index (χ0v) is 15.1. The number of hydrogen-bond donors (Lipinski definition) is 0. The van der Waals surface area contributed by atoms with Gasteiger partial charge in [0.1, 0.15) is 0 Å². The van der Waals surface area contributed by atoms with Gasteiger partial charge < -0.3 is 4.74 Å². The quantitative estimate of drug-likeness (QED) is 0.785. The Balaban J connectivity index is 1.86. The molecule has 0 radical (unpaired) electrons. The maximum absolute atomic E-state index is 12.9. The maximum atomic E-state index is 12.9. The highest BCUT2D eigenvalue weighted by Crippen LogP contribution is 2.40. The van der Waals surface area contributed by atoms with Gasteiger partial charge in [-0.05, 0) is 31.9 Å². The Morgan fingerprint density at radius 3 is 2.33 bits per heavy atom. The van der Waals surface area contributed by atoms with E-state index in [0.29, 0.717) is 0 Å². The first-order valence-electron chi connectivity index (χ1n) is 8.66. The first-order valence-corrected chi connectivity index (χ1v) is 10.1. The molecule has 0 amide bonds. The molecule has 2 aliphatic rings. The van der Waals surface area contributed by atoms with Gasteiger partial charge in [-0.1, -0.05) is 43.4 Å². The van der Waals surface area contributed by atoms with E-state index >= 15 is 0 Å². The summed E-state index contributed by atoms with van der Waals surface area (Å²) in [7, 11) is -2.16. The maximum Gasteiger partial charge on any atom is 0.311 e. The van der Waals surface area contributed by atoms with Crippen LogP contribution in [-0.2, 0) is 19.6 Å². The second-order valence-electron chi connectivity index (χ2n) is 6.92. The minimum Gasteiger partial charge on any atom is -0.445 e. The van der Waals surface area contributed by atoms with Crippen molar-refractivity contribution >= 4 is 16.0 Å². The molecule has 132 valence electrons. The number of cyclic esters (lactones) is 1. The lowest BCUT2D eigenvalue weighted by molar-refractivity contribution is -0.147. The highest BCUT2D eigenvalue weighted by atomic mass is 32.2. The van der Waals surface area contributed by atoms with E-state index in [1.54, 1.807) is 24.3 Å². The highest BCUT2D eigenvalue weighted by molar-refractivity contribution is 7.89. The molecular weight excluding hydrogens is 326 g/mol. The summed E-state index contributed by atoms with van der Waals surface area (Å²) in [6.07, 6.45) is 5.26. The molecule has 2 fully saturated rings. The molecule has 1 saturated heterocycles. The van der Waals surface area contributed by atoms with E-state index in [1.165, 1.54) is 11.4 Å². The Morgan fingerprint density at radius 2 is 1.67 bits per heavy atom. The van der Waals surface area contributed by atoms with Crippen LogP contribution in [0.2, 0.25) is 0 Å². The Morgan fingerprint density at radius 1 is 1.04 bits per heavy atom. The number of sulfonamides is 1. The smallest absolute Gasteiger partial charge is 0.311 e. The van der Waals surface area contributed by atoms with Gasteiger partial charge in [0, 0.05) is 13.0 Å². The van der Waals surface area contributed by atoms with Gasteiger partial charge in [0.25, 0.3) is 0 Å². The zero-order valence-electron chi connectivity index (χ0n) is 14.3. The number of benzene rings is 1. The standard InChI is InChI=1S/C18H25NO4S/c1-13-9-11-14(12-10-13)24(21,22)19(2)17-15-7-5-3-4-6-8-16(15)18(20)23-17/h9-12,15-17H,3-8H2,1-2H3/t15-,16-,17-/m1/s1. The molecule has 3 atom stereocenters. The minimum atomic E-state index is -3.68. The Labute approximate surface area is 144 Å². The molecule has 6 heteroatoms. The predicted octanol–water partition coefficient (Wildman–Crippen LogP) is 3.09. The van der Waals surface area contributed by atoms with E-state index in [9.17, 15) is 13.2 Å². The molecule has 0 bridgehead atoms. The molecule has 1 aliphatic carbocycles. The number of rotatable bonds is 3. The molecule has 1 aromatic carbocycles. The lowest BCUT2D eigenvalue weighted by Gasteiger charge is -2.29. The fraction of sp³-hybridized carbons (Fsp3) is 0.611. The van der Waals surface area contributed by atoms with Crippen molar-refractivity contribution in [2.24, 2.45) is 11.8 Å². The first kappa shape index (κ1) is 17.4. The molecule has 24 heavy (non-hydrogen) atoms. The van der Waals surface area contributed by atoms with E-state index < -0.39 is 16.3 Å². The molecule has 1 saturated carbocycles. The summed E-state index contributed by atoms with van der Waals surface area (Å²) in [5, 5.41) is 0. The highest BCUT2D eigenvalue weighted by Gasteiger charge is 2.48. The number of nitrogens with zero attached hydrogens (tertiary/aromatic N) is 1. The van der Waals surface area contributed by atoms with Crippen LogP contribution in [0.25, 0.3) is 0 Å². The van der Waals surface area contributed by atoms with Crippen LogP contribution >= 0.6 is 0 Å². The number of carbonyl (C=O) groups is 1. The van der Waals surface area contributed by atoms with E-state index in [1.807, 2.05) is 6.92 Å². The second-order valence-corrected chi connectivity index (χ2v) is 8.92. The van der Waals surface area contributed by atoms with Crippen LogP contribution in [-0.4, -0.2) is 32.0 Å². The number of esters is 1. The van der Waals surface area contributed by atoms with Gasteiger partial charge in [0.05, 0.1) is 10.8 Å².